The molecule has 3 aromatic heterocycles. The third-order valence-corrected chi connectivity index (χ3v) is 4.81. The third kappa shape index (κ3) is 2.37. The van der Waals surface area contributed by atoms with Gasteiger partial charge in [0.2, 0.25) is 0 Å². The van der Waals surface area contributed by atoms with E-state index in [2.05, 4.69) is 20.3 Å². The van der Waals surface area contributed by atoms with Gasteiger partial charge in [-0.2, -0.15) is 0 Å². The number of pyridine rings is 1. The van der Waals surface area contributed by atoms with Gasteiger partial charge < -0.3 is 5.32 Å². The number of rotatable bonds is 2. The molecule has 0 saturated heterocycles. The zero-order chi connectivity index (χ0) is 16.8. The van der Waals surface area contributed by atoms with Crippen LogP contribution in [0.1, 0.15) is 11.3 Å². The maximum absolute atomic E-state index is 13.9. The Morgan fingerprint density at radius 2 is 1.92 bits per heavy atom. The van der Waals surface area contributed by atoms with Gasteiger partial charge in [0.05, 0.1) is 15.9 Å². The van der Waals surface area contributed by atoms with Crippen LogP contribution < -0.4 is 5.32 Å². The summed E-state index contributed by atoms with van der Waals surface area (Å²) < 4.78 is 28.0. The average Bonchev–Trinajstić information content (AvgIpc) is 2.90. The number of thiophene rings is 1. The van der Waals surface area contributed by atoms with Crippen LogP contribution in [0.3, 0.4) is 0 Å². The fourth-order valence-electron chi connectivity index (χ4n) is 2.72. The Morgan fingerprint density at radius 3 is 2.75 bits per heavy atom. The van der Waals surface area contributed by atoms with Crippen molar-refractivity contribution in [3.05, 3.63) is 53.5 Å². The number of anilines is 2. The zero-order valence-electron chi connectivity index (χ0n) is 12.9. The van der Waals surface area contributed by atoms with Crippen LogP contribution >= 0.6 is 11.3 Å². The van der Waals surface area contributed by atoms with Crippen LogP contribution in [0.25, 0.3) is 20.4 Å². The Bertz CT molecular complexity index is 1090. The minimum absolute atomic E-state index is 0.0355. The topological polar surface area (TPSA) is 50.7 Å². The molecule has 4 nitrogen and oxygen atoms in total. The molecule has 0 unspecified atom stereocenters. The zero-order valence-corrected chi connectivity index (χ0v) is 13.7. The summed E-state index contributed by atoms with van der Waals surface area (Å²) in [4.78, 5) is 13.9. The van der Waals surface area contributed by atoms with E-state index in [4.69, 9.17) is 0 Å². The van der Waals surface area contributed by atoms with Crippen molar-refractivity contribution in [1.29, 1.82) is 0 Å². The van der Waals surface area contributed by atoms with E-state index in [0.29, 0.717) is 5.82 Å². The summed E-state index contributed by atoms with van der Waals surface area (Å²) in [6.45, 7) is 3.94. The summed E-state index contributed by atoms with van der Waals surface area (Å²) in [5.41, 5.74) is 2.79. The highest BCUT2D eigenvalue weighted by Crippen LogP contribution is 2.37. The molecular formula is C17H12F2N4S. The number of aromatic nitrogens is 3. The Labute approximate surface area is 140 Å². The van der Waals surface area contributed by atoms with E-state index in [1.807, 2.05) is 19.9 Å². The van der Waals surface area contributed by atoms with E-state index in [9.17, 15) is 8.78 Å². The monoisotopic (exact) mass is 342 g/mol. The molecule has 7 heteroatoms. The van der Waals surface area contributed by atoms with Crippen molar-refractivity contribution >= 4 is 43.3 Å². The van der Waals surface area contributed by atoms with E-state index < -0.39 is 11.6 Å². The van der Waals surface area contributed by atoms with Crippen LogP contribution in [0, 0.1) is 25.5 Å². The minimum atomic E-state index is -0.547. The fourth-order valence-corrected chi connectivity index (χ4v) is 3.91. The average molecular weight is 342 g/mol. The second-order valence-corrected chi connectivity index (χ2v) is 6.51. The van der Waals surface area contributed by atoms with Gasteiger partial charge in [0, 0.05) is 17.1 Å². The molecule has 0 spiro atoms. The summed E-state index contributed by atoms with van der Waals surface area (Å²) in [6, 6.07) is 5.25. The van der Waals surface area contributed by atoms with Gasteiger partial charge in [0.25, 0.3) is 0 Å². The van der Waals surface area contributed by atoms with E-state index in [-0.39, 0.29) is 5.69 Å². The Kier molecular flexibility index (Phi) is 3.38. The van der Waals surface area contributed by atoms with Gasteiger partial charge in [0.15, 0.2) is 5.82 Å². The Morgan fingerprint density at radius 1 is 1.08 bits per heavy atom. The standard InChI is InChI=1S/C17H12F2N4S/c1-8-5-9(2)22-17-13(8)14-15(24-17)16(21-7-20-14)23-12-6-10(18)3-4-11(12)19/h3-7H,1-2H3,(H,20,21,23). The molecule has 1 N–H and O–H groups in total. The van der Waals surface area contributed by atoms with E-state index in [0.717, 1.165) is 49.9 Å². The molecule has 0 radical (unpaired) electrons. The first kappa shape index (κ1) is 14.9. The smallest absolute Gasteiger partial charge is 0.152 e. The number of nitrogens with zero attached hydrogens (tertiary/aromatic N) is 3. The van der Waals surface area contributed by atoms with Gasteiger partial charge in [-0.15, -0.1) is 11.3 Å². The molecule has 1 aromatic carbocycles. The Balaban J connectivity index is 1.93. The van der Waals surface area contributed by atoms with Crippen LogP contribution in [0.5, 0.6) is 0 Å². The van der Waals surface area contributed by atoms with E-state index in [1.165, 1.54) is 17.7 Å². The molecule has 0 aliphatic rings. The number of hydrogen-bond acceptors (Lipinski definition) is 5. The summed E-state index contributed by atoms with van der Waals surface area (Å²) in [5.74, 6) is -0.632. The van der Waals surface area contributed by atoms with Crippen molar-refractivity contribution < 1.29 is 8.78 Å². The van der Waals surface area contributed by atoms with Crippen LogP contribution in [-0.4, -0.2) is 15.0 Å². The van der Waals surface area contributed by atoms with Gasteiger partial charge in [-0.05, 0) is 37.6 Å². The normalized spacial score (nSPS) is 11.3. The van der Waals surface area contributed by atoms with Crippen LogP contribution in [0.2, 0.25) is 0 Å². The minimum Gasteiger partial charge on any atom is -0.336 e. The summed E-state index contributed by atoms with van der Waals surface area (Å²) in [6.07, 6.45) is 1.41. The molecule has 0 fully saturated rings. The number of benzene rings is 1. The van der Waals surface area contributed by atoms with Crippen molar-refractivity contribution in [1.82, 2.24) is 15.0 Å². The summed E-state index contributed by atoms with van der Waals surface area (Å²) in [5, 5.41) is 3.83. The number of nitrogens with one attached hydrogen (secondary N) is 1. The Hall–Kier alpha value is -2.67. The van der Waals surface area contributed by atoms with Gasteiger partial charge in [-0.25, -0.2) is 23.7 Å². The number of hydrogen-bond donors (Lipinski definition) is 1. The van der Waals surface area contributed by atoms with Gasteiger partial charge in [-0.3, -0.25) is 0 Å². The fraction of sp³-hybridized carbons (Fsp3) is 0.118. The first-order valence-electron chi connectivity index (χ1n) is 7.26. The summed E-state index contributed by atoms with van der Waals surface area (Å²) in [7, 11) is 0. The molecule has 4 rings (SSSR count). The largest absolute Gasteiger partial charge is 0.336 e. The second kappa shape index (κ2) is 5.45. The second-order valence-electron chi connectivity index (χ2n) is 5.51. The lowest BCUT2D eigenvalue weighted by Crippen LogP contribution is -1.97. The predicted molar refractivity (Wildman–Crippen MR) is 91.8 cm³/mol. The molecule has 0 aliphatic carbocycles. The maximum atomic E-state index is 13.9. The molecule has 0 aliphatic heterocycles. The molecule has 0 saturated carbocycles. The van der Waals surface area contributed by atoms with Crippen molar-refractivity contribution in [2.45, 2.75) is 13.8 Å². The van der Waals surface area contributed by atoms with Crippen molar-refractivity contribution in [3.8, 4) is 0 Å². The molecule has 120 valence electrons. The lowest BCUT2D eigenvalue weighted by molar-refractivity contribution is 0.603. The molecule has 4 aromatic rings. The van der Waals surface area contributed by atoms with Crippen molar-refractivity contribution in [3.63, 3.8) is 0 Å². The highest BCUT2D eigenvalue weighted by Gasteiger charge is 2.15. The van der Waals surface area contributed by atoms with Gasteiger partial charge in [-0.1, -0.05) is 0 Å². The molecule has 0 amide bonds. The predicted octanol–water partition coefficient (Wildman–Crippen LogP) is 4.88. The van der Waals surface area contributed by atoms with Crippen LogP contribution in [0.4, 0.5) is 20.3 Å². The molecule has 0 atom stereocenters. The third-order valence-electron chi connectivity index (χ3n) is 3.73. The lowest BCUT2D eigenvalue weighted by atomic mass is 10.1. The van der Waals surface area contributed by atoms with Gasteiger partial charge in [0.1, 0.15) is 22.8 Å². The molecule has 24 heavy (non-hydrogen) atoms. The lowest BCUT2D eigenvalue weighted by Gasteiger charge is -2.07. The van der Waals surface area contributed by atoms with Crippen LogP contribution in [-0.2, 0) is 0 Å². The van der Waals surface area contributed by atoms with E-state index in [1.54, 1.807) is 0 Å². The first-order chi connectivity index (χ1) is 11.5. The van der Waals surface area contributed by atoms with Crippen molar-refractivity contribution in [2.24, 2.45) is 0 Å². The van der Waals surface area contributed by atoms with Crippen molar-refractivity contribution in [2.75, 3.05) is 5.32 Å². The van der Waals surface area contributed by atoms with E-state index >= 15 is 0 Å². The first-order valence-corrected chi connectivity index (χ1v) is 8.08. The van der Waals surface area contributed by atoms with Crippen LogP contribution in [0.15, 0.2) is 30.6 Å². The molecule has 3 heterocycles. The SMILES string of the molecule is Cc1cc(C)c2c(n1)sc1c(Nc3cc(F)ccc3F)ncnc12. The maximum Gasteiger partial charge on any atom is 0.152 e. The molecule has 0 bridgehead atoms. The number of halogens is 2. The summed E-state index contributed by atoms with van der Waals surface area (Å²) >= 11 is 1.43. The highest BCUT2D eigenvalue weighted by molar-refractivity contribution is 7.26. The quantitative estimate of drug-likeness (QED) is 0.564. The highest BCUT2D eigenvalue weighted by atomic mass is 32.1. The molecular weight excluding hydrogens is 330 g/mol. The number of fused-ring (bicyclic) bond motifs is 3. The van der Waals surface area contributed by atoms with Gasteiger partial charge >= 0.3 is 0 Å². The number of aryl methyl sites for hydroxylation is 2.